The van der Waals surface area contributed by atoms with Crippen molar-refractivity contribution in [3.63, 3.8) is 0 Å². The number of benzene rings is 1. The van der Waals surface area contributed by atoms with Gasteiger partial charge < -0.3 is 9.32 Å². The minimum absolute atomic E-state index is 0.167. The molecule has 1 aliphatic carbocycles. The van der Waals surface area contributed by atoms with E-state index in [1.165, 1.54) is 43.5 Å². The molecule has 160 valence electrons. The maximum absolute atomic E-state index is 9.44. The Hall–Kier alpha value is -1.61. The van der Waals surface area contributed by atoms with Crippen molar-refractivity contribution in [1.29, 1.82) is 0 Å². The van der Waals surface area contributed by atoms with Crippen LogP contribution in [-0.4, -0.2) is 10.9 Å². The lowest BCUT2D eigenvalue weighted by Crippen LogP contribution is -1.92. The molecule has 0 bridgehead atoms. The number of hydrogen-bond acceptors (Lipinski definition) is 3. The molecule has 1 atom stereocenters. The van der Waals surface area contributed by atoms with Crippen LogP contribution < -0.4 is 0 Å². The monoisotopic (exact) mass is 409 g/mol. The highest BCUT2D eigenvalue weighted by atomic mass is 35.5. The Bertz CT molecular complexity index is 608. The summed E-state index contributed by atoms with van der Waals surface area (Å²) in [4.78, 5) is 9.44. The first-order valence-electron chi connectivity index (χ1n) is 10.5. The van der Waals surface area contributed by atoms with Crippen molar-refractivity contribution < 1.29 is 9.32 Å². The topological polar surface area (TPSA) is 43.1 Å². The second-order valence-corrected chi connectivity index (χ2v) is 6.78. The van der Waals surface area contributed by atoms with Gasteiger partial charge in [0, 0.05) is 16.5 Å². The number of aryl methyl sites for hydroxylation is 2. The summed E-state index contributed by atoms with van der Waals surface area (Å²) < 4.78 is 5.34. The predicted molar refractivity (Wildman–Crippen MR) is 122 cm³/mol. The van der Waals surface area contributed by atoms with Crippen LogP contribution in [0.4, 0.5) is 0 Å². The maximum Gasteiger partial charge on any atom is 0.142 e. The molecule has 0 saturated heterocycles. The quantitative estimate of drug-likeness (QED) is 0.504. The average Bonchev–Trinajstić information content (AvgIpc) is 3.31. The Labute approximate surface area is 177 Å². The molecule has 1 aromatic carbocycles. The molecule has 1 heterocycles. The van der Waals surface area contributed by atoms with Crippen LogP contribution in [0, 0.1) is 6.92 Å². The molecule has 0 N–H and O–H groups in total. The number of aromatic nitrogens is 1. The zero-order chi connectivity index (χ0) is 22.1. The summed E-state index contributed by atoms with van der Waals surface area (Å²) >= 11 is 5.61. The third-order valence-electron chi connectivity index (χ3n) is 3.81. The number of Topliss-reactive ketones (excluding diaryl/α,β-unsaturated/α-hetero) is 1. The van der Waals surface area contributed by atoms with E-state index in [0.29, 0.717) is 5.92 Å². The molecule has 2 aromatic rings. The van der Waals surface area contributed by atoms with Crippen LogP contribution in [-0.2, 0) is 17.6 Å². The summed E-state index contributed by atoms with van der Waals surface area (Å²) in [6, 6.07) is 7.75. The van der Waals surface area contributed by atoms with E-state index in [2.05, 4.69) is 19.0 Å². The van der Waals surface area contributed by atoms with Gasteiger partial charge in [-0.15, -0.1) is 0 Å². The van der Waals surface area contributed by atoms with E-state index in [4.69, 9.17) is 16.1 Å². The number of halogens is 1. The second kappa shape index (κ2) is 17.5. The van der Waals surface area contributed by atoms with Gasteiger partial charge in [0.25, 0.3) is 0 Å². The van der Waals surface area contributed by atoms with Crippen molar-refractivity contribution in [1.82, 2.24) is 5.16 Å². The van der Waals surface area contributed by atoms with Crippen molar-refractivity contribution in [2.45, 2.75) is 93.9 Å². The van der Waals surface area contributed by atoms with Gasteiger partial charge >= 0.3 is 0 Å². The van der Waals surface area contributed by atoms with Crippen molar-refractivity contribution >= 4 is 17.4 Å². The number of ketones is 1. The Balaban J connectivity index is 0. The van der Waals surface area contributed by atoms with Crippen LogP contribution in [0.2, 0.25) is 5.02 Å². The van der Waals surface area contributed by atoms with E-state index < -0.39 is 0 Å². The van der Waals surface area contributed by atoms with E-state index in [9.17, 15) is 4.79 Å². The molecular formula is C24H40ClNO2. The highest BCUT2D eigenvalue weighted by Crippen LogP contribution is 2.30. The first-order chi connectivity index (χ1) is 13.3. The molecule has 0 aliphatic heterocycles. The molecule has 0 spiro atoms. The van der Waals surface area contributed by atoms with Gasteiger partial charge in [0.1, 0.15) is 11.5 Å². The fourth-order valence-corrected chi connectivity index (χ4v) is 2.49. The summed E-state index contributed by atoms with van der Waals surface area (Å²) in [5.41, 5.74) is 3.86. The largest absolute Gasteiger partial charge is 0.361 e. The zero-order valence-electron chi connectivity index (χ0n) is 19.4. The van der Waals surface area contributed by atoms with Gasteiger partial charge in [0.15, 0.2) is 0 Å². The van der Waals surface area contributed by atoms with E-state index in [1.54, 1.807) is 0 Å². The lowest BCUT2D eigenvalue weighted by Gasteiger charge is -2.04. The summed E-state index contributed by atoms with van der Waals surface area (Å²) in [5, 5.41) is 4.89. The van der Waals surface area contributed by atoms with Crippen LogP contribution in [0.3, 0.4) is 0 Å². The molecule has 1 aliphatic rings. The third-order valence-corrected chi connectivity index (χ3v) is 4.06. The van der Waals surface area contributed by atoms with Crippen molar-refractivity contribution in [3.05, 3.63) is 51.9 Å². The van der Waals surface area contributed by atoms with Gasteiger partial charge in [0.2, 0.25) is 0 Å². The number of carbonyl (C=O) groups excluding carboxylic acids is 1. The fraction of sp³-hybridized carbons (Fsp3) is 0.583. The number of hydrogen-bond donors (Lipinski definition) is 0. The molecule has 28 heavy (non-hydrogen) atoms. The third kappa shape index (κ3) is 12.0. The minimum Gasteiger partial charge on any atom is -0.361 e. The van der Waals surface area contributed by atoms with Gasteiger partial charge in [-0.25, -0.2) is 0 Å². The van der Waals surface area contributed by atoms with Crippen LogP contribution >= 0.6 is 11.6 Å². The highest BCUT2D eigenvalue weighted by molar-refractivity contribution is 6.30. The van der Waals surface area contributed by atoms with Gasteiger partial charge in [-0.1, -0.05) is 76.0 Å². The van der Waals surface area contributed by atoms with Crippen molar-refractivity contribution in [2.75, 3.05) is 0 Å². The maximum atomic E-state index is 9.44. The highest BCUT2D eigenvalue weighted by Gasteiger charge is 2.23. The Morgan fingerprint density at radius 1 is 1.11 bits per heavy atom. The number of carbonyl (C=O) groups is 1. The van der Waals surface area contributed by atoms with Crippen LogP contribution in [0.5, 0.6) is 0 Å². The molecule has 1 unspecified atom stereocenters. The molecular weight excluding hydrogens is 370 g/mol. The minimum atomic E-state index is 0.167. The normalized spacial score (nSPS) is 11.6. The molecule has 0 fully saturated rings. The number of fused-ring (bicyclic) bond motifs is 1. The molecule has 1 aromatic heterocycles. The van der Waals surface area contributed by atoms with E-state index in [1.807, 2.05) is 58.9 Å². The average molecular weight is 410 g/mol. The lowest BCUT2D eigenvalue weighted by atomic mass is 10.0. The Kier molecular flexibility index (Phi) is 17.9. The summed E-state index contributed by atoms with van der Waals surface area (Å²) in [5.74, 6) is 1.85. The summed E-state index contributed by atoms with van der Waals surface area (Å²) in [7, 11) is 0. The fourth-order valence-electron chi connectivity index (χ4n) is 2.36. The number of nitrogens with zero attached hydrogens (tertiary/aromatic N) is 1. The molecule has 3 rings (SSSR count). The van der Waals surface area contributed by atoms with Crippen molar-refractivity contribution in [3.8, 4) is 0 Å². The molecule has 0 amide bonds. The number of rotatable bonds is 2. The summed E-state index contributed by atoms with van der Waals surface area (Å²) in [6.07, 6.45) is 4.70. The summed E-state index contributed by atoms with van der Waals surface area (Å²) in [6.45, 7) is 17.5. The lowest BCUT2D eigenvalue weighted by molar-refractivity contribution is -0.114. The van der Waals surface area contributed by atoms with E-state index >= 15 is 0 Å². The molecule has 0 radical (unpaired) electrons. The van der Waals surface area contributed by atoms with Crippen LogP contribution in [0.25, 0.3) is 0 Å². The first kappa shape index (κ1) is 28.6. The van der Waals surface area contributed by atoms with Crippen LogP contribution in [0.15, 0.2) is 28.8 Å². The molecule has 3 nitrogen and oxygen atoms in total. The smallest absolute Gasteiger partial charge is 0.142 e. The Morgan fingerprint density at radius 3 is 2.04 bits per heavy atom. The van der Waals surface area contributed by atoms with E-state index in [0.717, 1.165) is 23.6 Å². The van der Waals surface area contributed by atoms with E-state index in [-0.39, 0.29) is 5.78 Å². The van der Waals surface area contributed by atoms with Gasteiger partial charge in [-0.05, 0) is 58.6 Å². The second-order valence-electron chi connectivity index (χ2n) is 6.34. The zero-order valence-corrected chi connectivity index (χ0v) is 20.1. The van der Waals surface area contributed by atoms with Gasteiger partial charge in [0.05, 0.1) is 5.69 Å². The van der Waals surface area contributed by atoms with Gasteiger partial charge in [-0.3, -0.25) is 0 Å². The SMILES string of the molecule is CC.CC.CC(C)=O.CCC(C)c1onc2c1CCC2.Cc1ccc(Cl)cc1. The first-order valence-corrected chi connectivity index (χ1v) is 10.9. The molecule has 0 saturated carbocycles. The Morgan fingerprint density at radius 2 is 1.61 bits per heavy atom. The van der Waals surface area contributed by atoms with Crippen molar-refractivity contribution in [2.24, 2.45) is 0 Å². The van der Waals surface area contributed by atoms with Crippen LogP contribution in [0.1, 0.15) is 96.7 Å². The van der Waals surface area contributed by atoms with Gasteiger partial charge in [-0.2, -0.15) is 0 Å². The predicted octanol–water partition coefficient (Wildman–Crippen LogP) is 7.97. The molecule has 4 heteroatoms. The standard InChI is InChI=1S/C10H15NO.C7H7Cl.C3H6O.2C2H6/c1-3-7(2)10-8-5-4-6-9(8)11-12-10;1-6-2-4-7(8)5-3-6;1-3(2)4;2*1-2/h7H,3-6H2,1-2H3;2-5H,1H3;1-2H3;2*1-2H3.